The first-order valence-corrected chi connectivity index (χ1v) is 10.4. The standard InChI is InChI=1S/C22H28N2O2S/c1-16(2)27-21-7-5-4-6-20(21)22(25)23-17(3)18-8-10-19(11-9-18)24-12-14-26-15-13-24/h4-11,16-17H,12-15H2,1-3H3,(H,23,25). The van der Waals surface area contributed by atoms with Crippen LogP contribution in [-0.2, 0) is 4.74 Å². The molecule has 0 spiro atoms. The molecule has 1 N–H and O–H groups in total. The van der Waals surface area contributed by atoms with Gasteiger partial charge in [-0.15, -0.1) is 11.8 Å². The van der Waals surface area contributed by atoms with Crippen molar-refractivity contribution in [2.45, 2.75) is 37.0 Å². The lowest BCUT2D eigenvalue weighted by Crippen LogP contribution is -2.36. The number of benzene rings is 2. The number of nitrogens with one attached hydrogen (secondary N) is 1. The summed E-state index contributed by atoms with van der Waals surface area (Å²) in [5.41, 5.74) is 3.06. The summed E-state index contributed by atoms with van der Waals surface area (Å²) in [4.78, 5) is 16.2. The summed E-state index contributed by atoms with van der Waals surface area (Å²) in [7, 11) is 0. The van der Waals surface area contributed by atoms with Gasteiger partial charge in [-0.25, -0.2) is 0 Å². The van der Waals surface area contributed by atoms with Crippen LogP contribution >= 0.6 is 11.8 Å². The molecule has 0 radical (unpaired) electrons. The minimum absolute atomic E-state index is 0.0245. The summed E-state index contributed by atoms with van der Waals surface area (Å²) in [5, 5.41) is 3.57. The molecule has 2 aromatic rings. The molecule has 0 aromatic heterocycles. The van der Waals surface area contributed by atoms with Gasteiger partial charge >= 0.3 is 0 Å². The maximum atomic E-state index is 12.8. The molecule has 4 nitrogen and oxygen atoms in total. The number of ether oxygens (including phenoxy) is 1. The Labute approximate surface area is 166 Å². The van der Waals surface area contributed by atoms with E-state index in [2.05, 4.69) is 48.3 Å². The highest BCUT2D eigenvalue weighted by Crippen LogP contribution is 2.27. The van der Waals surface area contributed by atoms with Crippen LogP contribution in [0.5, 0.6) is 0 Å². The van der Waals surface area contributed by atoms with E-state index in [9.17, 15) is 4.79 Å². The second-order valence-electron chi connectivity index (χ2n) is 7.05. The van der Waals surface area contributed by atoms with Gasteiger partial charge in [-0.3, -0.25) is 4.79 Å². The van der Waals surface area contributed by atoms with E-state index in [1.165, 1.54) is 5.69 Å². The fraction of sp³-hybridized carbons (Fsp3) is 0.409. The molecule has 144 valence electrons. The van der Waals surface area contributed by atoms with Gasteiger partial charge in [-0.2, -0.15) is 0 Å². The predicted molar refractivity (Wildman–Crippen MR) is 113 cm³/mol. The summed E-state index contributed by atoms with van der Waals surface area (Å²) in [6.45, 7) is 9.71. The number of hydrogen-bond acceptors (Lipinski definition) is 4. The maximum Gasteiger partial charge on any atom is 0.252 e. The van der Waals surface area contributed by atoms with Gasteiger partial charge in [0.2, 0.25) is 0 Å². The number of morpholine rings is 1. The van der Waals surface area contributed by atoms with E-state index in [4.69, 9.17) is 4.74 Å². The highest BCUT2D eigenvalue weighted by atomic mass is 32.2. The molecule has 1 aliphatic heterocycles. The molecule has 27 heavy (non-hydrogen) atoms. The number of carbonyl (C=O) groups is 1. The van der Waals surface area contributed by atoms with Crippen LogP contribution in [0.3, 0.4) is 0 Å². The lowest BCUT2D eigenvalue weighted by atomic mass is 10.1. The fourth-order valence-corrected chi connectivity index (χ4v) is 4.12. The number of amides is 1. The minimum atomic E-state index is -0.0478. The minimum Gasteiger partial charge on any atom is -0.378 e. The third-order valence-electron chi connectivity index (χ3n) is 4.61. The van der Waals surface area contributed by atoms with Crippen LogP contribution in [-0.4, -0.2) is 37.5 Å². The van der Waals surface area contributed by atoms with E-state index in [1.807, 2.05) is 31.2 Å². The molecule has 2 aromatic carbocycles. The Kier molecular flexibility index (Phi) is 6.80. The topological polar surface area (TPSA) is 41.6 Å². The van der Waals surface area contributed by atoms with E-state index in [0.717, 1.165) is 42.3 Å². The molecule has 1 atom stereocenters. The molecule has 3 rings (SSSR count). The summed E-state index contributed by atoms with van der Waals surface area (Å²) in [6.07, 6.45) is 0. The Morgan fingerprint density at radius 1 is 1.04 bits per heavy atom. The van der Waals surface area contributed by atoms with Crippen LogP contribution in [0, 0.1) is 0 Å². The van der Waals surface area contributed by atoms with Crippen LogP contribution in [0.2, 0.25) is 0 Å². The van der Waals surface area contributed by atoms with Crippen LogP contribution < -0.4 is 10.2 Å². The highest BCUT2D eigenvalue weighted by Gasteiger charge is 2.16. The van der Waals surface area contributed by atoms with Gasteiger partial charge in [0.25, 0.3) is 5.91 Å². The second-order valence-corrected chi connectivity index (χ2v) is 8.67. The zero-order valence-electron chi connectivity index (χ0n) is 16.3. The van der Waals surface area contributed by atoms with Crippen LogP contribution in [0.25, 0.3) is 0 Å². The Morgan fingerprint density at radius 3 is 2.37 bits per heavy atom. The number of carbonyl (C=O) groups excluding carboxylic acids is 1. The molecule has 0 bridgehead atoms. The van der Waals surface area contributed by atoms with E-state index in [-0.39, 0.29) is 11.9 Å². The number of hydrogen-bond donors (Lipinski definition) is 1. The van der Waals surface area contributed by atoms with Gasteiger partial charge in [0, 0.05) is 28.9 Å². The molecule has 1 amide bonds. The van der Waals surface area contributed by atoms with Gasteiger partial charge in [0.15, 0.2) is 0 Å². The first-order valence-electron chi connectivity index (χ1n) is 9.54. The molecular weight excluding hydrogens is 356 g/mol. The quantitative estimate of drug-likeness (QED) is 0.744. The largest absolute Gasteiger partial charge is 0.378 e. The van der Waals surface area contributed by atoms with E-state index in [1.54, 1.807) is 11.8 Å². The van der Waals surface area contributed by atoms with Crippen LogP contribution in [0.4, 0.5) is 5.69 Å². The third-order valence-corrected chi connectivity index (χ3v) is 5.69. The van der Waals surface area contributed by atoms with E-state index in [0.29, 0.717) is 5.25 Å². The zero-order valence-corrected chi connectivity index (χ0v) is 17.1. The lowest BCUT2D eigenvalue weighted by Gasteiger charge is -2.29. The average Bonchev–Trinajstić information content (AvgIpc) is 2.68. The first kappa shape index (κ1) is 19.8. The predicted octanol–water partition coefficient (Wildman–Crippen LogP) is 4.51. The molecule has 1 unspecified atom stereocenters. The average molecular weight is 385 g/mol. The Balaban J connectivity index is 1.66. The van der Waals surface area contributed by atoms with E-state index < -0.39 is 0 Å². The van der Waals surface area contributed by atoms with Crippen molar-refractivity contribution in [2.75, 3.05) is 31.2 Å². The highest BCUT2D eigenvalue weighted by molar-refractivity contribution is 8.00. The van der Waals surface area contributed by atoms with Crippen molar-refractivity contribution >= 4 is 23.4 Å². The number of nitrogens with zero attached hydrogens (tertiary/aromatic N) is 1. The molecule has 1 heterocycles. The molecule has 0 aliphatic carbocycles. The van der Waals surface area contributed by atoms with Crippen molar-refractivity contribution in [3.8, 4) is 0 Å². The van der Waals surface area contributed by atoms with Gasteiger partial charge in [-0.1, -0.05) is 38.1 Å². The monoisotopic (exact) mass is 384 g/mol. The summed E-state index contributed by atoms with van der Waals surface area (Å²) < 4.78 is 5.41. The maximum absolute atomic E-state index is 12.8. The molecule has 1 saturated heterocycles. The second kappa shape index (κ2) is 9.29. The lowest BCUT2D eigenvalue weighted by molar-refractivity contribution is 0.0937. The van der Waals surface area contributed by atoms with Crippen molar-refractivity contribution < 1.29 is 9.53 Å². The molecule has 1 aliphatic rings. The Hall–Kier alpha value is -1.98. The molecular formula is C22H28N2O2S. The molecule has 5 heteroatoms. The van der Waals surface area contributed by atoms with Crippen molar-refractivity contribution in [3.63, 3.8) is 0 Å². The normalized spacial score (nSPS) is 15.6. The van der Waals surface area contributed by atoms with Gasteiger partial charge < -0.3 is 15.0 Å². The van der Waals surface area contributed by atoms with Crippen molar-refractivity contribution in [1.29, 1.82) is 0 Å². The smallest absolute Gasteiger partial charge is 0.252 e. The SMILES string of the molecule is CC(C)Sc1ccccc1C(=O)NC(C)c1ccc(N2CCOCC2)cc1. The molecule has 0 saturated carbocycles. The summed E-state index contributed by atoms with van der Waals surface area (Å²) in [5.74, 6) is -0.0245. The fourth-order valence-electron chi connectivity index (χ4n) is 3.16. The number of rotatable bonds is 6. The van der Waals surface area contributed by atoms with Crippen molar-refractivity contribution in [3.05, 3.63) is 59.7 Å². The summed E-state index contributed by atoms with van der Waals surface area (Å²) in [6, 6.07) is 16.2. The summed E-state index contributed by atoms with van der Waals surface area (Å²) >= 11 is 1.72. The Morgan fingerprint density at radius 2 is 1.70 bits per heavy atom. The van der Waals surface area contributed by atoms with Gasteiger partial charge in [0.1, 0.15) is 0 Å². The third kappa shape index (κ3) is 5.27. The number of thioether (sulfide) groups is 1. The Bertz CT molecular complexity index is 755. The van der Waals surface area contributed by atoms with Gasteiger partial charge in [0.05, 0.1) is 24.8 Å². The van der Waals surface area contributed by atoms with Crippen molar-refractivity contribution in [2.24, 2.45) is 0 Å². The van der Waals surface area contributed by atoms with Crippen LogP contribution in [0.1, 0.15) is 42.7 Å². The van der Waals surface area contributed by atoms with Crippen LogP contribution in [0.15, 0.2) is 53.4 Å². The molecule has 1 fully saturated rings. The first-order chi connectivity index (χ1) is 13.0. The van der Waals surface area contributed by atoms with Gasteiger partial charge in [-0.05, 0) is 36.8 Å². The van der Waals surface area contributed by atoms with E-state index >= 15 is 0 Å². The van der Waals surface area contributed by atoms with Crippen molar-refractivity contribution in [1.82, 2.24) is 5.32 Å². The number of anilines is 1. The zero-order chi connectivity index (χ0) is 19.2.